The molecule has 0 aliphatic heterocycles. The highest BCUT2D eigenvalue weighted by molar-refractivity contribution is 6.31. The maximum absolute atomic E-state index is 5.96. The van der Waals surface area contributed by atoms with Crippen LogP contribution in [0.2, 0.25) is 10.0 Å². The Labute approximate surface area is 120 Å². The van der Waals surface area contributed by atoms with Gasteiger partial charge in [-0.05, 0) is 42.5 Å². The Bertz CT molecular complexity index is 721. The molecule has 0 unspecified atom stereocenters. The molecule has 19 heavy (non-hydrogen) atoms. The van der Waals surface area contributed by atoms with E-state index in [1.807, 2.05) is 42.5 Å². The number of aromatic amines is 1. The van der Waals surface area contributed by atoms with Gasteiger partial charge in [-0.3, -0.25) is 0 Å². The summed E-state index contributed by atoms with van der Waals surface area (Å²) in [6, 6.07) is 15.1. The average molecular weight is 292 g/mol. The summed E-state index contributed by atoms with van der Waals surface area (Å²) >= 11 is 11.9. The third kappa shape index (κ3) is 2.86. The first kappa shape index (κ1) is 12.4. The molecule has 1 N–H and O–H groups in total. The monoisotopic (exact) mass is 291 g/mol. The fourth-order valence-corrected chi connectivity index (χ4v) is 2.32. The third-order valence-corrected chi connectivity index (χ3v) is 3.30. The summed E-state index contributed by atoms with van der Waals surface area (Å²) in [6.07, 6.45) is 0. The van der Waals surface area contributed by atoms with Crippen molar-refractivity contribution in [2.24, 2.45) is 0 Å². The van der Waals surface area contributed by atoms with Crippen molar-refractivity contribution < 1.29 is 4.74 Å². The predicted octanol–water partition coefficient (Wildman–Crippen LogP) is 5.05. The van der Waals surface area contributed by atoms with E-state index in [0.29, 0.717) is 11.6 Å². The van der Waals surface area contributed by atoms with Gasteiger partial charge in [0.05, 0.1) is 5.69 Å². The van der Waals surface area contributed by atoms with E-state index in [9.17, 15) is 0 Å². The highest BCUT2D eigenvalue weighted by Gasteiger charge is 2.02. The minimum absolute atomic E-state index is 0.465. The second-order valence-corrected chi connectivity index (χ2v) is 5.15. The maximum Gasteiger partial charge on any atom is 0.128 e. The third-order valence-electron chi connectivity index (χ3n) is 2.83. The number of benzene rings is 2. The second-order valence-electron chi connectivity index (χ2n) is 4.27. The molecule has 1 aromatic heterocycles. The van der Waals surface area contributed by atoms with Crippen LogP contribution in [0.1, 0.15) is 5.69 Å². The summed E-state index contributed by atoms with van der Waals surface area (Å²) in [5, 5.41) is 2.48. The van der Waals surface area contributed by atoms with E-state index in [-0.39, 0.29) is 0 Å². The number of nitrogens with one attached hydrogen (secondary N) is 1. The Balaban J connectivity index is 1.78. The summed E-state index contributed by atoms with van der Waals surface area (Å²) in [6.45, 7) is 0.465. The summed E-state index contributed by atoms with van der Waals surface area (Å²) in [7, 11) is 0. The minimum Gasteiger partial charge on any atom is -0.487 e. The van der Waals surface area contributed by atoms with Crippen LogP contribution in [0.3, 0.4) is 0 Å². The molecular formula is C15H11Cl2NO. The van der Waals surface area contributed by atoms with Crippen molar-refractivity contribution in [3.8, 4) is 5.75 Å². The topological polar surface area (TPSA) is 25.0 Å². The van der Waals surface area contributed by atoms with Crippen LogP contribution in [-0.4, -0.2) is 4.98 Å². The molecule has 0 atom stereocenters. The Morgan fingerprint density at radius 1 is 0.947 bits per heavy atom. The fraction of sp³-hybridized carbons (Fsp3) is 0.0667. The summed E-state index contributed by atoms with van der Waals surface area (Å²) in [4.78, 5) is 3.29. The van der Waals surface area contributed by atoms with E-state index in [1.54, 1.807) is 6.07 Å². The lowest BCUT2D eigenvalue weighted by Gasteiger charge is -2.04. The van der Waals surface area contributed by atoms with Crippen molar-refractivity contribution >= 4 is 34.1 Å². The van der Waals surface area contributed by atoms with E-state index < -0.39 is 0 Å². The lowest BCUT2D eigenvalue weighted by atomic mass is 10.2. The van der Waals surface area contributed by atoms with E-state index in [2.05, 4.69) is 4.98 Å². The molecule has 1 heterocycles. The first-order chi connectivity index (χ1) is 9.20. The lowest BCUT2D eigenvalue weighted by Crippen LogP contribution is -1.95. The molecule has 0 spiro atoms. The SMILES string of the molecule is Clc1cccc(OCc2cc3cc(Cl)ccc3[nH]2)c1. The standard InChI is InChI=1S/C15H11Cl2NO/c16-11-2-1-3-14(8-11)19-9-13-7-10-6-12(17)4-5-15(10)18-13/h1-8,18H,9H2. The second kappa shape index (κ2) is 5.16. The number of hydrogen-bond donors (Lipinski definition) is 1. The molecule has 3 aromatic rings. The Morgan fingerprint density at radius 3 is 2.63 bits per heavy atom. The van der Waals surface area contributed by atoms with E-state index in [0.717, 1.165) is 27.4 Å². The van der Waals surface area contributed by atoms with Crippen LogP contribution in [0, 0.1) is 0 Å². The van der Waals surface area contributed by atoms with Gasteiger partial charge in [-0.1, -0.05) is 29.3 Å². The van der Waals surface area contributed by atoms with Crippen LogP contribution < -0.4 is 4.74 Å². The van der Waals surface area contributed by atoms with Gasteiger partial charge in [-0.2, -0.15) is 0 Å². The smallest absolute Gasteiger partial charge is 0.128 e. The predicted molar refractivity (Wildman–Crippen MR) is 79.1 cm³/mol. The average Bonchev–Trinajstić information content (AvgIpc) is 2.78. The van der Waals surface area contributed by atoms with Crippen molar-refractivity contribution in [3.05, 3.63) is 64.3 Å². The molecule has 96 valence electrons. The summed E-state index contributed by atoms with van der Waals surface area (Å²) in [5.41, 5.74) is 2.05. The first-order valence-corrected chi connectivity index (χ1v) is 6.62. The number of rotatable bonds is 3. The highest BCUT2D eigenvalue weighted by Crippen LogP contribution is 2.22. The number of fused-ring (bicyclic) bond motifs is 1. The molecule has 2 nitrogen and oxygen atoms in total. The number of aromatic nitrogens is 1. The summed E-state index contributed by atoms with van der Waals surface area (Å²) in [5.74, 6) is 0.754. The number of H-pyrrole nitrogens is 1. The van der Waals surface area contributed by atoms with Gasteiger partial charge >= 0.3 is 0 Å². The van der Waals surface area contributed by atoms with E-state index >= 15 is 0 Å². The fourth-order valence-electron chi connectivity index (χ4n) is 1.96. The molecule has 0 bridgehead atoms. The molecular weight excluding hydrogens is 281 g/mol. The normalized spacial score (nSPS) is 10.8. The molecule has 4 heteroatoms. The van der Waals surface area contributed by atoms with Crippen LogP contribution in [0.4, 0.5) is 0 Å². The van der Waals surface area contributed by atoms with E-state index in [1.165, 1.54) is 0 Å². The number of hydrogen-bond acceptors (Lipinski definition) is 1. The molecule has 3 rings (SSSR count). The number of ether oxygens (including phenoxy) is 1. The largest absolute Gasteiger partial charge is 0.487 e. The highest BCUT2D eigenvalue weighted by atomic mass is 35.5. The van der Waals surface area contributed by atoms with Gasteiger partial charge in [0.2, 0.25) is 0 Å². The zero-order valence-corrected chi connectivity index (χ0v) is 11.5. The quantitative estimate of drug-likeness (QED) is 0.717. The zero-order valence-electron chi connectivity index (χ0n) is 9.99. The van der Waals surface area contributed by atoms with Gasteiger partial charge in [0, 0.05) is 20.9 Å². The molecule has 0 aliphatic carbocycles. The number of halogens is 2. The lowest BCUT2D eigenvalue weighted by molar-refractivity contribution is 0.302. The van der Waals surface area contributed by atoms with Gasteiger partial charge in [0.1, 0.15) is 12.4 Å². The molecule has 0 saturated heterocycles. The van der Waals surface area contributed by atoms with Crippen molar-refractivity contribution in [2.75, 3.05) is 0 Å². The summed E-state index contributed by atoms with van der Waals surface area (Å²) < 4.78 is 5.68. The van der Waals surface area contributed by atoms with Crippen LogP contribution in [-0.2, 0) is 6.61 Å². The van der Waals surface area contributed by atoms with Gasteiger partial charge < -0.3 is 9.72 Å². The Kier molecular flexibility index (Phi) is 3.36. The van der Waals surface area contributed by atoms with Crippen LogP contribution in [0.25, 0.3) is 10.9 Å². The Morgan fingerprint density at radius 2 is 1.79 bits per heavy atom. The molecule has 2 aromatic carbocycles. The molecule has 0 fully saturated rings. The van der Waals surface area contributed by atoms with Crippen LogP contribution in [0.5, 0.6) is 5.75 Å². The van der Waals surface area contributed by atoms with E-state index in [4.69, 9.17) is 27.9 Å². The van der Waals surface area contributed by atoms with Gasteiger partial charge in [-0.15, -0.1) is 0 Å². The van der Waals surface area contributed by atoms with Crippen LogP contribution in [0.15, 0.2) is 48.5 Å². The van der Waals surface area contributed by atoms with Gasteiger partial charge in [0.25, 0.3) is 0 Å². The van der Waals surface area contributed by atoms with Gasteiger partial charge in [0.15, 0.2) is 0 Å². The molecule has 0 aliphatic rings. The van der Waals surface area contributed by atoms with Gasteiger partial charge in [-0.25, -0.2) is 0 Å². The van der Waals surface area contributed by atoms with Crippen molar-refractivity contribution in [1.29, 1.82) is 0 Å². The van der Waals surface area contributed by atoms with Crippen molar-refractivity contribution in [1.82, 2.24) is 4.98 Å². The van der Waals surface area contributed by atoms with Crippen molar-refractivity contribution in [3.63, 3.8) is 0 Å². The minimum atomic E-state index is 0.465. The maximum atomic E-state index is 5.96. The Hall–Kier alpha value is -1.64. The first-order valence-electron chi connectivity index (χ1n) is 5.86. The molecule has 0 radical (unpaired) electrons. The molecule has 0 amide bonds. The molecule has 0 saturated carbocycles. The zero-order chi connectivity index (χ0) is 13.2. The van der Waals surface area contributed by atoms with Crippen molar-refractivity contribution in [2.45, 2.75) is 6.61 Å². The van der Waals surface area contributed by atoms with Crippen LogP contribution >= 0.6 is 23.2 Å².